The molecule has 11 heteroatoms. The van der Waals surface area contributed by atoms with Crippen molar-refractivity contribution in [2.24, 2.45) is 0 Å². The lowest BCUT2D eigenvalue weighted by Crippen LogP contribution is -2.37. The summed E-state index contributed by atoms with van der Waals surface area (Å²) < 4.78 is 41.4. The van der Waals surface area contributed by atoms with E-state index in [0.29, 0.717) is 17.1 Å². The van der Waals surface area contributed by atoms with Crippen LogP contribution in [0.25, 0.3) is 33.5 Å². The Morgan fingerprint density at radius 3 is 2.49 bits per heavy atom. The van der Waals surface area contributed by atoms with Crippen molar-refractivity contribution in [3.8, 4) is 22.5 Å². The molecule has 1 N–H and O–H groups in total. The summed E-state index contributed by atoms with van der Waals surface area (Å²) >= 11 is 6.35. The molecule has 0 radical (unpaired) electrons. The highest BCUT2D eigenvalue weighted by Gasteiger charge is 2.31. The maximum absolute atomic E-state index is 13.7. The fraction of sp³-hybridized carbons (Fsp3) is 0.286. The molecule has 0 aliphatic carbocycles. The van der Waals surface area contributed by atoms with Crippen LogP contribution in [0.5, 0.6) is 0 Å². The molecule has 4 rings (SSSR count). The Morgan fingerprint density at radius 2 is 1.82 bits per heavy atom. The van der Waals surface area contributed by atoms with Gasteiger partial charge >= 0.3 is 6.18 Å². The fourth-order valence-corrected chi connectivity index (χ4v) is 4.51. The third-order valence-corrected chi connectivity index (χ3v) is 6.02. The quantitative estimate of drug-likeness (QED) is 0.330. The van der Waals surface area contributed by atoms with Crippen molar-refractivity contribution in [1.29, 1.82) is 0 Å². The lowest BCUT2D eigenvalue weighted by molar-refractivity contribution is -0.137. The number of hydrogen-bond donors (Lipinski definition) is 1. The van der Waals surface area contributed by atoms with Crippen molar-refractivity contribution in [3.05, 3.63) is 81.2 Å². The van der Waals surface area contributed by atoms with Crippen LogP contribution in [0.4, 0.5) is 13.2 Å². The van der Waals surface area contributed by atoms with E-state index in [1.165, 1.54) is 18.3 Å². The number of carbonyl (C=O) groups is 1. The van der Waals surface area contributed by atoms with Crippen LogP contribution in [0.2, 0.25) is 5.02 Å². The van der Waals surface area contributed by atoms with Gasteiger partial charge < -0.3 is 10.2 Å². The summed E-state index contributed by atoms with van der Waals surface area (Å²) in [6.07, 6.45) is -3.06. The highest BCUT2D eigenvalue weighted by molar-refractivity contribution is 6.31. The van der Waals surface area contributed by atoms with E-state index in [1.807, 2.05) is 31.1 Å². The highest BCUT2D eigenvalue weighted by Crippen LogP contribution is 2.32. The summed E-state index contributed by atoms with van der Waals surface area (Å²) in [4.78, 5) is 37.2. The van der Waals surface area contributed by atoms with Crippen molar-refractivity contribution in [3.63, 3.8) is 0 Å². The molecular formula is C28H27ClF3N5O2. The Bertz CT molecular complexity index is 1600. The van der Waals surface area contributed by atoms with Gasteiger partial charge in [0, 0.05) is 34.9 Å². The molecule has 2 aromatic heterocycles. The van der Waals surface area contributed by atoms with Crippen LogP contribution < -0.4 is 10.9 Å². The number of halogens is 4. The SMILES string of the molecule is CC(C)NC(=O)Cn1c(-c2cccc(C(F)(F)F)c2)nc2ncc(-c3cc(Cl)cc(CN(C)C)c3)cc2c1=O. The number of carbonyl (C=O) groups excluding carboxylic acids is 1. The second-order valence-corrected chi connectivity index (χ2v) is 10.2. The Morgan fingerprint density at radius 1 is 1.08 bits per heavy atom. The molecule has 0 unspecified atom stereocenters. The molecule has 39 heavy (non-hydrogen) atoms. The first kappa shape index (κ1) is 28.3. The smallest absolute Gasteiger partial charge is 0.352 e. The largest absolute Gasteiger partial charge is 0.416 e. The zero-order valence-corrected chi connectivity index (χ0v) is 22.6. The van der Waals surface area contributed by atoms with Crippen LogP contribution in [0.3, 0.4) is 0 Å². The zero-order valence-electron chi connectivity index (χ0n) is 21.8. The van der Waals surface area contributed by atoms with E-state index < -0.39 is 29.8 Å². The van der Waals surface area contributed by atoms with E-state index in [0.717, 1.165) is 27.8 Å². The first-order valence-corrected chi connectivity index (χ1v) is 12.5. The van der Waals surface area contributed by atoms with E-state index in [1.54, 1.807) is 26.0 Å². The third-order valence-electron chi connectivity index (χ3n) is 5.80. The van der Waals surface area contributed by atoms with E-state index >= 15 is 0 Å². The Balaban J connectivity index is 1.91. The zero-order chi connectivity index (χ0) is 28.5. The van der Waals surface area contributed by atoms with E-state index in [4.69, 9.17) is 11.6 Å². The molecule has 2 aromatic carbocycles. The third kappa shape index (κ3) is 6.63. The molecule has 0 atom stereocenters. The maximum Gasteiger partial charge on any atom is 0.416 e. The predicted octanol–water partition coefficient (Wildman–Crippen LogP) is 5.38. The van der Waals surface area contributed by atoms with Gasteiger partial charge in [-0.1, -0.05) is 23.7 Å². The van der Waals surface area contributed by atoms with Crippen LogP contribution in [0, 0.1) is 0 Å². The van der Waals surface area contributed by atoms with Gasteiger partial charge in [0.1, 0.15) is 12.4 Å². The number of alkyl halides is 3. The van der Waals surface area contributed by atoms with E-state index in [9.17, 15) is 22.8 Å². The minimum atomic E-state index is -4.59. The van der Waals surface area contributed by atoms with Gasteiger partial charge in [0.15, 0.2) is 5.65 Å². The monoisotopic (exact) mass is 557 g/mol. The first-order valence-electron chi connectivity index (χ1n) is 12.1. The van der Waals surface area contributed by atoms with Crippen molar-refractivity contribution in [1.82, 2.24) is 24.8 Å². The molecule has 204 valence electrons. The number of nitrogens with zero attached hydrogens (tertiary/aromatic N) is 4. The summed E-state index contributed by atoms with van der Waals surface area (Å²) in [5.41, 5.74) is 0.889. The fourth-order valence-electron chi connectivity index (χ4n) is 4.25. The van der Waals surface area contributed by atoms with Gasteiger partial charge in [-0.15, -0.1) is 0 Å². The number of hydrogen-bond acceptors (Lipinski definition) is 5. The Labute approximate surface area is 228 Å². The van der Waals surface area contributed by atoms with Gasteiger partial charge in [0.25, 0.3) is 5.56 Å². The molecule has 2 heterocycles. The van der Waals surface area contributed by atoms with Gasteiger partial charge in [-0.2, -0.15) is 13.2 Å². The van der Waals surface area contributed by atoms with Gasteiger partial charge in [-0.05, 0) is 75.5 Å². The number of rotatable bonds is 7. The van der Waals surface area contributed by atoms with Crippen molar-refractivity contribution >= 4 is 28.5 Å². The van der Waals surface area contributed by atoms with Crippen LogP contribution >= 0.6 is 11.6 Å². The molecule has 7 nitrogen and oxygen atoms in total. The first-order chi connectivity index (χ1) is 18.3. The summed E-state index contributed by atoms with van der Waals surface area (Å²) in [7, 11) is 3.87. The molecule has 0 saturated carbocycles. The normalized spacial score (nSPS) is 11.9. The molecule has 4 aromatic rings. The predicted molar refractivity (Wildman–Crippen MR) is 145 cm³/mol. The molecule has 0 spiro atoms. The molecule has 0 fully saturated rings. The summed E-state index contributed by atoms with van der Waals surface area (Å²) in [5.74, 6) is -0.567. The molecular weight excluding hydrogens is 531 g/mol. The van der Waals surface area contributed by atoms with Gasteiger partial charge in [0.05, 0.1) is 10.9 Å². The second kappa shape index (κ2) is 11.2. The number of nitrogens with one attached hydrogen (secondary N) is 1. The highest BCUT2D eigenvalue weighted by atomic mass is 35.5. The summed E-state index contributed by atoms with van der Waals surface area (Å²) in [6, 6.07) is 11.4. The summed E-state index contributed by atoms with van der Waals surface area (Å²) in [5, 5.41) is 3.34. The molecule has 0 saturated heterocycles. The van der Waals surface area contributed by atoms with Gasteiger partial charge in [0.2, 0.25) is 5.91 Å². The molecule has 0 aliphatic rings. The topological polar surface area (TPSA) is 80.1 Å². The van der Waals surface area contributed by atoms with Gasteiger partial charge in [-0.3, -0.25) is 14.2 Å². The lowest BCUT2D eigenvalue weighted by Gasteiger charge is -2.16. The van der Waals surface area contributed by atoms with Gasteiger partial charge in [-0.25, -0.2) is 9.97 Å². The maximum atomic E-state index is 13.7. The Kier molecular flexibility index (Phi) is 8.08. The lowest BCUT2D eigenvalue weighted by atomic mass is 10.0. The molecule has 0 aliphatic heterocycles. The average molecular weight is 558 g/mol. The number of benzene rings is 2. The average Bonchev–Trinajstić information content (AvgIpc) is 2.83. The second-order valence-electron chi connectivity index (χ2n) is 9.81. The number of pyridine rings is 1. The number of amides is 1. The van der Waals surface area contributed by atoms with Crippen molar-refractivity contribution < 1.29 is 18.0 Å². The molecule has 0 bridgehead atoms. The minimum absolute atomic E-state index is 0.0372. The van der Waals surface area contributed by atoms with Crippen LogP contribution in [0.15, 0.2) is 59.5 Å². The standard InChI is InChI=1S/C28H27ClF3N5O2/c1-16(2)34-24(38)15-37-26(18-6-5-7-21(10-18)28(30,31)32)35-25-23(27(37)39)12-20(13-33-25)19-8-17(14-36(3)4)9-22(29)11-19/h5-13,16H,14-15H2,1-4H3,(H,34,38). The van der Waals surface area contributed by atoms with Crippen LogP contribution in [-0.4, -0.2) is 45.5 Å². The molecule has 1 amide bonds. The van der Waals surface area contributed by atoms with E-state index in [-0.39, 0.29) is 28.5 Å². The Hall–Kier alpha value is -3.76. The summed E-state index contributed by atoms with van der Waals surface area (Å²) in [6.45, 7) is 3.74. The number of fused-ring (bicyclic) bond motifs is 1. The van der Waals surface area contributed by atoms with Crippen LogP contribution in [0.1, 0.15) is 25.0 Å². The van der Waals surface area contributed by atoms with Crippen molar-refractivity contribution in [2.75, 3.05) is 14.1 Å². The van der Waals surface area contributed by atoms with Crippen LogP contribution in [-0.2, 0) is 24.1 Å². The van der Waals surface area contributed by atoms with E-state index in [2.05, 4.69) is 15.3 Å². The van der Waals surface area contributed by atoms with Crippen molar-refractivity contribution in [2.45, 2.75) is 39.2 Å². The minimum Gasteiger partial charge on any atom is -0.352 e. The number of aromatic nitrogens is 3.